The lowest BCUT2D eigenvalue weighted by Gasteiger charge is -2.36. The number of rotatable bonds is 2. The first-order valence-corrected chi connectivity index (χ1v) is 10.4. The lowest BCUT2D eigenvalue weighted by molar-refractivity contribution is -0.137. The Kier molecular flexibility index (Phi) is 4.95. The van der Waals surface area contributed by atoms with Crippen molar-refractivity contribution in [1.29, 1.82) is 0 Å². The predicted molar refractivity (Wildman–Crippen MR) is 114 cm³/mol. The van der Waals surface area contributed by atoms with E-state index in [1.807, 2.05) is 0 Å². The van der Waals surface area contributed by atoms with Crippen LogP contribution in [0.1, 0.15) is 46.8 Å². The zero-order valence-electron chi connectivity index (χ0n) is 17.3. The van der Waals surface area contributed by atoms with Crippen LogP contribution in [-0.4, -0.2) is 31.7 Å². The minimum Gasteiger partial charge on any atom is -0.382 e. The van der Waals surface area contributed by atoms with Gasteiger partial charge >= 0.3 is 6.18 Å². The zero-order valence-corrected chi connectivity index (χ0v) is 17.3. The molecule has 2 aromatic heterocycles. The summed E-state index contributed by atoms with van der Waals surface area (Å²) < 4.78 is 55.5. The van der Waals surface area contributed by atoms with Crippen LogP contribution in [0.4, 0.5) is 23.4 Å². The average molecular weight is 457 g/mol. The number of nitrogens with two attached hydrogens (primary N) is 1. The number of aromatic nitrogens is 3. The molecule has 5 rings (SSSR count). The van der Waals surface area contributed by atoms with Gasteiger partial charge in [-0.1, -0.05) is 12.1 Å². The normalized spacial score (nSPS) is 17.1. The molecule has 2 aromatic carbocycles. The van der Waals surface area contributed by atoms with Crippen molar-refractivity contribution in [2.75, 3.05) is 12.3 Å². The van der Waals surface area contributed by atoms with E-state index in [2.05, 4.69) is 9.97 Å². The number of halogens is 4. The maximum Gasteiger partial charge on any atom is 0.416 e. The third-order valence-electron chi connectivity index (χ3n) is 6.08. The van der Waals surface area contributed by atoms with E-state index in [0.29, 0.717) is 29.6 Å². The van der Waals surface area contributed by atoms with Gasteiger partial charge in [0.25, 0.3) is 5.91 Å². The lowest BCUT2D eigenvalue weighted by Crippen LogP contribution is -2.39. The molecule has 33 heavy (non-hydrogen) atoms. The van der Waals surface area contributed by atoms with E-state index in [1.165, 1.54) is 35.6 Å². The highest BCUT2D eigenvalue weighted by molar-refractivity contribution is 5.98. The molecule has 0 unspecified atom stereocenters. The van der Waals surface area contributed by atoms with Gasteiger partial charge in [0.1, 0.15) is 17.2 Å². The minimum absolute atomic E-state index is 0.136. The van der Waals surface area contributed by atoms with Gasteiger partial charge in [-0.25, -0.2) is 14.4 Å². The van der Waals surface area contributed by atoms with Gasteiger partial charge in [0, 0.05) is 12.6 Å². The second-order valence-electron chi connectivity index (χ2n) is 8.10. The third kappa shape index (κ3) is 3.65. The van der Waals surface area contributed by atoms with E-state index < -0.39 is 29.5 Å². The number of likely N-dealkylation sites (tertiary alicyclic amines) is 1. The Balaban J connectivity index is 1.54. The fraction of sp³-hybridized carbons (Fsp3) is 0.261. The Morgan fingerprint density at radius 2 is 1.85 bits per heavy atom. The topological polar surface area (TPSA) is 76.5 Å². The quantitative estimate of drug-likeness (QED) is 0.431. The molecular formula is C23H19F4N5O. The van der Waals surface area contributed by atoms with Gasteiger partial charge < -0.3 is 10.6 Å². The summed E-state index contributed by atoms with van der Waals surface area (Å²) >= 11 is 0. The largest absolute Gasteiger partial charge is 0.416 e. The van der Waals surface area contributed by atoms with Crippen LogP contribution in [-0.2, 0) is 6.18 Å². The number of carbonyl (C=O) groups excluding carboxylic acids is 1. The first-order valence-electron chi connectivity index (χ1n) is 10.4. The number of imidazole rings is 1. The Bertz CT molecular complexity index is 1360. The van der Waals surface area contributed by atoms with Gasteiger partial charge in [-0.2, -0.15) is 13.2 Å². The van der Waals surface area contributed by atoms with E-state index >= 15 is 4.39 Å². The Morgan fingerprint density at radius 1 is 1.09 bits per heavy atom. The van der Waals surface area contributed by atoms with Gasteiger partial charge in [-0.3, -0.25) is 9.20 Å². The van der Waals surface area contributed by atoms with Crippen molar-refractivity contribution in [3.63, 3.8) is 0 Å². The van der Waals surface area contributed by atoms with Crippen molar-refractivity contribution < 1.29 is 22.4 Å². The summed E-state index contributed by atoms with van der Waals surface area (Å²) in [7, 11) is 0. The minimum atomic E-state index is -4.44. The van der Waals surface area contributed by atoms with Gasteiger partial charge in [-0.15, -0.1) is 0 Å². The van der Waals surface area contributed by atoms with Crippen molar-refractivity contribution in [1.82, 2.24) is 19.3 Å². The molecule has 1 amide bonds. The number of amides is 1. The second kappa shape index (κ2) is 7.72. The molecule has 0 spiro atoms. The first-order chi connectivity index (χ1) is 15.7. The molecule has 2 N–H and O–H groups in total. The number of hydrogen-bond acceptors (Lipinski definition) is 4. The number of alkyl halides is 3. The molecule has 1 aliphatic heterocycles. The monoisotopic (exact) mass is 457 g/mol. The standard InChI is InChI=1S/C23H19F4N5O/c24-16-10-17-19(32-12-29-11-20(32)21(28)30-17)9-15(16)22(33)31-8-2-1-3-18(31)13-4-6-14(7-5-13)23(25,26)27/h4-7,9-12,18H,1-3,8H2,(H2,28,30)/t18-/m1/s1. The van der Waals surface area contributed by atoms with Crippen LogP contribution in [0.15, 0.2) is 48.9 Å². The summed E-state index contributed by atoms with van der Waals surface area (Å²) in [5.74, 6) is -1.07. The molecule has 3 heterocycles. The molecule has 170 valence electrons. The smallest absolute Gasteiger partial charge is 0.382 e. The Labute approximate surface area is 185 Å². The van der Waals surface area contributed by atoms with E-state index in [1.54, 1.807) is 4.40 Å². The van der Waals surface area contributed by atoms with E-state index in [-0.39, 0.29) is 16.9 Å². The van der Waals surface area contributed by atoms with Crippen LogP contribution < -0.4 is 5.73 Å². The first kappa shape index (κ1) is 21.2. The fourth-order valence-electron chi connectivity index (χ4n) is 4.43. The average Bonchev–Trinajstić information content (AvgIpc) is 3.29. The van der Waals surface area contributed by atoms with Gasteiger partial charge in [0.05, 0.1) is 40.7 Å². The number of fused-ring (bicyclic) bond motifs is 3. The summed E-state index contributed by atoms with van der Waals surface area (Å²) in [6.07, 6.45) is 0.712. The van der Waals surface area contributed by atoms with Gasteiger partial charge in [-0.05, 0) is 43.0 Å². The van der Waals surface area contributed by atoms with Crippen molar-refractivity contribution in [3.8, 4) is 0 Å². The molecule has 0 bridgehead atoms. The number of hydrogen-bond donors (Lipinski definition) is 1. The lowest BCUT2D eigenvalue weighted by atomic mass is 9.93. The molecule has 1 atom stereocenters. The highest BCUT2D eigenvalue weighted by Crippen LogP contribution is 2.35. The molecule has 10 heteroatoms. The number of carbonyl (C=O) groups is 1. The summed E-state index contributed by atoms with van der Waals surface area (Å²) in [4.78, 5) is 23.2. The Hall–Kier alpha value is -3.69. The highest BCUT2D eigenvalue weighted by Gasteiger charge is 2.33. The van der Waals surface area contributed by atoms with Crippen molar-refractivity contribution in [2.24, 2.45) is 0 Å². The summed E-state index contributed by atoms with van der Waals surface area (Å²) in [6.45, 7) is 0.377. The SMILES string of the molecule is Nc1nc2cc(F)c(C(=O)N3CCCC[C@@H]3c3ccc(C(F)(F)F)cc3)cc2n2cncc12. The molecule has 1 saturated heterocycles. The molecule has 4 aromatic rings. The van der Waals surface area contributed by atoms with Crippen LogP contribution in [0.3, 0.4) is 0 Å². The molecule has 0 saturated carbocycles. The maximum atomic E-state index is 15.0. The molecule has 0 aliphatic carbocycles. The van der Waals surface area contributed by atoms with Gasteiger partial charge in [0.15, 0.2) is 0 Å². The summed E-state index contributed by atoms with van der Waals surface area (Å²) in [5.41, 5.74) is 6.90. The maximum absolute atomic E-state index is 15.0. The van der Waals surface area contributed by atoms with Crippen LogP contribution in [0, 0.1) is 5.82 Å². The predicted octanol–water partition coefficient (Wildman–Crippen LogP) is 4.99. The number of nitrogens with zero attached hydrogens (tertiary/aromatic N) is 4. The van der Waals surface area contributed by atoms with Crippen LogP contribution in [0.5, 0.6) is 0 Å². The van der Waals surface area contributed by atoms with E-state index in [4.69, 9.17) is 5.73 Å². The van der Waals surface area contributed by atoms with Crippen molar-refractivity contribution in [3.05, 3.63) is 71.4 Å². The zero-order chi connectivity index (χ0) is 23.3. The molecule has 0 radical (unpaired) electrons. The van der Waals surface area contributed by atoms with E-state index in [9.17, 15) is 18.0 Å². The second-order valence-corrected chi connectivity index (χ2v) is 8.10. The molecule has 6 nitrogen and oxygen atoms in total. The highest BCUT2D eigenvalue weighted by atomic mass is 19.4. The number of anilines is 1. The van der Waals surface area contributed by atoms with E-state index in [0.717, 1.165) is 31.0 Å². The molecular weight excluding hydrogens is 438 g/mol. The number of piperidine rings is 1. The van der Waals surface area contributed by atoms with Crippen molar-refractivity contribution in [2.45, 2.75) is 31.5 Å². The summed E-state index contributed by atoms with van der Waals surface area (Å²) in [6, 6.07) is 6.93. The number of nitrogen functional groups attached to an aromatic ring is 1. The molecule has 1 fully saturated rings. The van der Waals surface area contributed by atoms with Crippen LogP contribution in [0.2, 0.25) is 0 Å². The Morgan fingerprint density at radius 3 is 2.58 bits per heavy atom. The van der Waals surface area contributed by atoms with Crippen LogP contribution in [0.25, 0.3) is 16.6 Å². The van der Waals surface area contributed by atoms with Crippen molar-refractivity contribution >= 4 is 28.3 Å². The van der Waals surface area contributed by atoms with Gasteiger partial charge in [0.2, 0.25) is 0 Å². The fourth-order valence-corrected chi connectivity index (χ4v) is 4.43. The van der Waals surface area contributed by atoms with Crippen LogP contribution >= 0.6 is 0 Å². The molecule has 1 aliphatic rings. The number of benzene rings is 2. The third-order valence-corrected chi connectivity index (χ3v) is 6.08. The summed E-state index contributed by atoms with van der Waals surface area (Å²) in [5, 5.41) is 0.